The van der Waals surface area contributed by atoms with Crippen molar-refractivity contribution in [1.29, 1.82) is 0 Å². The number of rotatable bonds is 3. The average molecular weight is 285 g/mol. The van der Waals surface area contributed by atoms with Crippen molar-refractivity contribution in [3.8, 4) is 11.6 Å². The Balaban J connectivity index is 2.08. The molecule has 8 heteroatoms. The van der Waals surface area contributed by atoms with E-state index in [9.17, 15) is 10.1 Å². The lowest BCUT2D eigenvalue weighted by atomic mass is 10.2. The fraction of sp³-hybridized carbons (Fsp3) is 0.0769. The summed E-state index contributed by atoms with van der Waals surface area (Å²) in [6.07, 6.45) is 4.90. The van der Waals surface area contributed by atoms with E-state index in [0.717, 1.165) is 5.56 Å². The summed E-state index contributed by atoms with van der Waals surface area (Å²) in [6, 6.07) is 4.38. The molecule has 0 radical (unpaired) electrons. The number of imidazole rings is 1. The Kier molecular flexibility index (Phi) is 2.90. The molecule has 0 aliphatic rings. The van der Waals surface area contributed by atoms with Gasteiger partial charge < -0.3 is 10.5 Å². The number of nitrogen functional groups attached to an aromatic ring is 1. The molecule has 0 spiro atoms. The summed E-state index contributed by atoms with van der Waals surface area (Å²) in [7, 11) is 0. The first-order chi connectivity index (χ1) is 10.0. The molecule has 3 aromatic rings. The van der Waals surface area contributed by atoms with Crippen LogP contribution in [0.4, 0.5) is 11.5 Å². The van der Waals surface area contributed by atoms with Gasteiger partial charge in [-0.25, -0.2) is 4.98 Å². The average Bonchev–Trinajstić information content (AvgIpc) is 2.89. The van der Waals surface area contributed by atoms with Gasteiger partial charge in [0.2, 0.25) is 5.65 Å². The first-order valence-corrected chi connectivity index (χ1v) is 6.06. The quantitative estimate of drug-likeness (QED) is 0.584. The number of fused-ring (bicyclic) bond motifs is 1. The first kappa shape index (κ1) is 12.9. The van der Waals surface area contributed by atoms with Crippen LogP contribution in [0, 0.1) is 17.0 Å². The van der Waals surface area contributed by atoms with Crippen molar-refractivity contribution in [2.75, 3.05) is 5.73 Å². The van der Waals surface area contributed by atoms with Gasteiger partial charge in [0.15, 0.2) is 0 Å². The van der Waals surface area contributed by atoms with Crippen molar-refractivity contribution in [3.63, 3.8) is 0 Å². The van der Waals surface area contributed by atoms with Crippen molar-refractivity contribution < 1.29 is 9.66 Å². The number of non-ortho nitro benzene ring substituents is 1. The molecular weight excluding hydrogens is 274 g/mol. The smallest absolute Gasteiger partial charge is 0.273 e. The summed E-state index contributed by atoms with van der Waals surface area (Å²) in [5, 5.41) is 10.8. The number of nitro benzene ring substituents is 1. The second-order valence-corrected chi connectivity index (χ2v) is 4.44. The standard InChI is InChI=1S/C13H11N5O3/c1-8-2-3-9(18(19)20)6-10(8)21-13-12-15-4-5-17(12)7-11(14)16-13/h2-7H,14H2,1H3. The van der Waals surface area contributed by atoms with Crippen molar-refractivity contribution in [3.05, 3.63) is 52.5 Å². The van der Waals surface area contributed by atoms with Crippen LogP contribution in [0.5, 0.6) is 11.6 Å². The van der Waals surface area contributed by atoms with E-state index in [2.05, 4.69) is 9.97 Å². The van der Waals surface area contributed by atoms with E-state index >= 15 is 0 Å². The maximum absolute atomic E-state index is 10.8. The highest BCUT2D eigenvalue weighted by Crippen LogP contribution is 2.30. The molecule has 0 aliphatic heterocycles. The molecule has 2 N–H and O–H groups in total. The number of anilines is 1. The zero-order valence-corrected chi connectivity index (χ0v) is 11.1. The number of ether oxygens (including phenoxy) is 1. The van der Waals surface area contributed by atoms with Crippen LogP contribution in [0.1, 0.15) is 5.56 Å². The highest BCUT2D eigenvalue weighted by molar-refractivity contribution is 5.55. The second kappa shape index (κ2) is 4.75. The van der Waals surface area contributed by atoms with E-state index in [0.29, 0.717) is 11.4 Å². The molecule has 0 bridgehead atoms. The van der Waals surface area contributed by atoms with Crippen LogP contribution >= 0.6 is 0 Å². The molecule has 2 aromatic heterocycles. The fourth-order valence-electron chi connectivity index (χ4n) is 1.91. The SMILES string of the molecule is Cc1ccc([N+](=O)[O-])cc1Oc1nc(N)cn2ccnc12. The molecule has 1 aromatic carbocycles. The van der Waals surface area contributed by atoms with E-state index in [4.69, 9.17) is 10.5 Å². The van der Waals surface area contributed by atoms with Crippen LogP contribution in [0.3, 0.4) is 0 Å². The summed E-state index contributed by atoms with van der Waals surface area (Å²) < 4.78 is 7.34. The van der Waals surface area contributed by atoms with Crippen LogP contribution in [0.15, 0.2) is 36.8 Å². The third kappa shape index (κ3) is 2.34. The Bertz CT molecular complexity index is 843. The number of benzene rings is 1. The number of nitrogens with zero attached hydrogens (tertiary/aromatic N) is 4. The van der Waals surface area contributed by atoms with Crippen LogP contribution in [0.25, 0.3) is 5.65 Å². The van der Waals surface area contributed by atoms with Gasteiger partial charge in [0.25, 0.3) is 11.6 Å². The predicted molar refractivity (Wildman–Crippen MR) is 75.3 cm³/mol. The lowest BCUT2D eigenvalue weighted by molar-refractivity contribution is -0.384. The fourth-order valence-corrected chi connectivity index (χ4v) is 1.91. The predicted octanol–water partition coefficient (Wildman–Crippen LogP) is 2.32. The van der Waals surface area contributed by atoms with Crippen molar-refractivity contribution >= 4 is 17.2 Å². The molecule has 3 rings (SSSR count). The van der Waals surface area contributed by atoms with Crippen molar-refractivity contribution in [2.24, 2.45) is 0 Å². The van der Waals surface area contributed by atoms with Crippen LogP contribution < -0.4 is 10.5 Å². The zero-order valence-electron chi connectivity index (χ0n) is 11.1. The third-order valence-electron chi connectivity index (χ3n) is 2.95. The summed E-state index contributed by atoms with van der Waals surface area (Å²) in [5.74, 6) is 0.800. The van der Waals surface area contributed by atoms with Crippen LogP contribution in [-0.2, 0) is 0 Å². The van der Waals surface area contributed by atoms with Gasteiger partial charge >= 0.3 is 0 Å². The van der Waals surface area contributed by atoms with Gasteiger partial charge in [0.1, 0.15) is 11.6 Å². The highest BCUT2D eigenvalue weighted by Gasteiger charge is 2.14. The number of nitrogens with two attached hydrogens (primary N) is 1. The van der Waals surface area contributed by atoms with E-state index in [-0.39, 0.29) is 17.4 Å². The Hall–Kier alpha value is -3.16. The molecule has 2 heterocycles. The second-order valence-electron chi connectivity index (χ2n) is 4.44. The van der Waals surface area contributed by atoms with E-state index in [1.807, 2.05) is 0 Å². The monoisotopic (exact) mass is 285 g/mol. The van der Waals surface area contributed by atoms with Gasteiger partial charge in [-0.05, 0) is 18.6 Å². The van der Waals surface area contributed by atoms with Gasteiger partial charge in [-0.1, -0.05) is 0 Å². The Morgan fingerprint density at radius 2 is 2.24 bits per heavy atom. The maximum Gasteiger partial charge on any atom is 0.273 e. The summed E-state index contributed by atoms with van der Waals surface area (Å²) in [5.41, 5.74) is 6.88. The van der Waals surface area contributed by atoms with E-state index in [1.54, 1.807) is 36.0 Å². The van der Waals surface area contributed by atoms with Crippen LogP contribution in [0.2, 0.25) is 0 Å². The topological polar surface area (TPSA) is 109 Å². The summed E-state index contributed by atoms with van der Waals surface area (Å²) >= 11 is 0. The highest BCUT2D eigenvalue weighted by atomic mass is 16.6. The van der Waals surface area contributed by atoms with Crippen molar-refractivity contribution in [1.82, 2.24) is 14.4 Å². The normalized spacial score (nSPS) is 10.7. The summed E-state index contributed by atoms with van der Waals surface area (Å²) in [4.78, 5) is 18.6. The molecule has 0 saturated heterocycles. The maximum atomic E-state index is 10.8. The van der Waals surface area contributed by atoms with Gasteiger partial charge in [-0.15, -0.1) is 0 Å². The lowest BCUT2D eigenvalue weighted by Crippen LogP contribution is -2.00. The number of aryl methyl sites for hydroxylation is 1. The molecule has 21 heavy (non-hydrogen) atoms. The van der Waals surface area contributed by atoms with Crippen LogP contribution in [-0.4, -0.2) is 19.3 Å². The molecule has 8 nitrogen and oxygen atoms in total. The number of hydrogen-bond acceptors (Lipinski definition) is 6. The van der Waals surface area contributed by atoms with E-state index < -0.39 is 4.92 Å². The first-order valence-electron chi connectivity index (χ1n) is 6.06. The Labute approximate surface area is 119 Å². The van der Waals surface area contributed by atoms with Gasteiger partial charge in [0, 0.05) is 18.5 Å². The van der Waals surface area contributed by atoms with Crippen molar-refractivity contribution in [2.45, 2.75) is 6.92 Å². The molecule has 0 atom stereocenters. The zero-order chi connectivity index (χ0) is 15.0. The molecule has 0 saturated carbocycles. The van der Waals surface area contributed by atoms with Gasteiger partial charge in [-0.2, -0.15) is 4.98 Å². The number of aromatic nitrogens is 3. The number of hydrogen-bond donors (Lipinski definition) is 1. The van der Waals surface area contributed by atoms with E-state index in [1.165, 1.54) is 12.1 Å². The molecule has 0 amide bonds. The van der Waals surface area contributed by atoms with Gasteiger partial charge in [0.05, 0.1) is 17.2 Å². The molecular formula is C13H11N5O3. The molecule has 106 valence electrons. The lowest BCUT2D eigenvalue weighted by Gasteiger charge is -2.09. The number of nitro groups is 1. The Morgan fingerprint density at radius 3 is 3.00 bits per heavy atom. The minimum absolute atomic E-state index is 0.0566. The summed E-state index contributed by atoms with van der Waals surface area (Å²) in [6.45, 7) is 1.79. The largest absolute Gasteiger partial charge is 0.435 e. The van der Waals surface area contributed by atoms with Gasteiger partial charge in [-0.3, -0.25) is 14.5 Å². The molecule has 0 fully saturated rings. The Morgan fingerprint density at radius 1 is 1.43 bits per heavy atom. The molecule has 0 aliphatic carbocycles. The molecule has 0 unspecified atom stereocenters. The minimum Gasteiger partial charge on any atom is -0.435 e. The minimum atomic E-state index is -0.482. The third-order valence-corrected chi connectivity index (χ3v) is 2.95.